The Morgan fingerprint density at radius 3 is 2.70 bits per heavy atom. The molecule has 118 valence electrons. The average molecular weight is 329 g/mol. The SMILES string of the molecule is CC(=O)c1csc(NC(=O)[C@H]2CC(=O)N(c3ccccc3)C2)n1. The summed E-state index contributed by atoms with van der Waals surface area (Å²) in [5.41, 5.74) is 1.12. The van der Waals surface area contributed by atoms with Crippen LogP contribution in [0.3, 0.4) is 0 Å². The van der Waals surface area contributed by atoms with E-state index in [0.717, 1.165) is 5.69 Å². The van der Waals surface area contributed by atoms with E-state index in [1.807, 2.05) is 30.3 Å². The van der Waals surface area contributed by atoms with Crippen molar-refractivity contribution in [1.82, 2.24) is 4.98 Å². The third-order valence-electron chi connectivity index (χ3n) is 3.66. The van der Waals surface area contributed by atoms with Crippen LogP contribution in [0.25, 0.3) is 0 Å². The van der Waals surface area contributed by atoms with Crippen molar-refractivity contribution in [2.45, 2.75) is 13.3 Å². The Kier molecular flexibility index (Phi) is 4.20. The largest absolute Gasteiger partial charge is 0.312 e. The third-order valence-corrected chi connectivity index (χ3v) is 4.42. The number of carbonyl (C=O) groups is 3. The van der Waals surface area contributed by atoms with Crippen molar-refractivity contribution in [3.8, 4) is 0 Å². The van der Waals surface area contributed by atoms with Crippen molar-refractivity contribution in [3.05, 3.63) is 41.4 Å². The molecule has 1 aromatic heterocycles. The normalized spacial score (nSPS) is 17.3. The summed E-state index contributed by atoms with van der Waals surface area (Å²) >= 11 is 1.20. The molecule has 1 fully saturated rings. The van der Waals surface area contributed by atoms with Crippen LogP contribution in [0.2, 0.25) is 0 Å². The lowest BCUT2D eigenvalue weighted by atomic mass is 10.1. The molecule has 23 heavy (non-hydrogen) atoms. The average Bonchev–Trinajstić information content (AvgIpc) is 3.15. The predicted octanol–water partition coefficient (Wildman–Crippen LogP) is 2.34. The van der Waals surface area contributed by atoms with Crippen LogP contribution in [0.15, 0.2) is 35.7 Å². The van der Waals surface area contributed by atoms with E-state index < -0.39 is 5.92 Å². The van der Waals surface area contributed by atoms with Crippen LogP contribution in [0.1, 0.15) is 23.8 Å². The van der Waals surface area contributed by atoms with Gasteiger partial charge in [0.05, 0.1) is 5.92 Å². The standard InChI is InChI=1S/C16H15N3O3S/c1-10(20)13-9-23-16(17-13)18-15(22)11-7-14(21)19(8-11)12-5-3-2-4-6-12/h2-6,9,11H,7-8H2,1H3,(H,17,18,22)/t11-/m0/s1. The van der Waals surface area contributed by atoms with E-state index in [0.29, 0.717) is 17.4 Å². The monoisotopic (exact) mass is 329 g/mol. The number of benzene rings is 1. The molecule has 2 amide bonds. The van der Waals surface area contributed by atoms with Gasteiger partial charge in [-0.15, -0.1) is 11.3 Å². The number of hydrogen-bond acceptors (Lipinski definition) is 5. The fraction of sp³-hybridized carbons (Fsp3) is 0.250. The summed E-state index contributed by atoms with van der Waals surface area (Å²) in [6.45, 7) is 1.77. The number of nitrogens with zero attached hydrogens (tertiary/aromatic N) is 2. The maximum Gasteiger partial charge on any atom is 0.231 e. The molecule has 3 rings (SSSR count). The first-order valence-corrected chi connectivity index (χ1v) is 8.05. The molecule has 1 aliphatic rings. The minimum Gasteiger partial charge on any atom is -0.312 e. The highest BCUT2D eigenvalue weighted by atomic mass is 32.1. The van der Waals surface area contributed by atoms with E-state index in [4.69, 9.17) is 0 Å². The topological polar surface area (TPSA) is 79.4 Å². The zero-order valence-corrected chi connectivity index (χ0v) is 13.3. The second-order valence-corrected chi connectivity index (χ2v) is 6.18. The number of rotatable bonds is 4. The van der Waals surface area contributed by atoms with Gasteiger partial charge in [0.2, 0.25) is 11.8 Å². The van der Waals surface area contributed by atoms with E-state index in [2.05, 4.69) is 10.3 Å². The fourth-order valence-corrected chi connectivity index (χ4v) is 3.19. The number of nitrogens with one attached hydrogen (secondary N) is 1. The van der Waals surface area contributed by atoms with E-state index in [9.17, 15) is 14.4 Å². The number of aromatic nitrogens is 1. The molecule has 1 aliphatic heterocycles. The Morgan fingerprint density at radius 1 is 1.30 bits per heavy atom. The van der Waals surface area contributed by atoms with Crippen molar-refractivity contribution in [2.24, 2.45) is 5.92 Å². The Labute approximate surface area is 137 Å². The first-order chi connectivity index (χ1) is 11.0. The summed E-state index contributed by atoms with van der Waals surface area (Å²) in [5.74, 6) is -0.887. The molecule has 0 radical (unpaired) electrons. The van der Waals surface area contributed by atoms with Gasteiger partial charge in [0.1, 0.15) is 5.69 Å². The lowest BCUT2D eigenvalue weighted by molar-refractivity contribution is -0.122. The van der Waals surface area contributed by atoms with Gasteiger partial charge in [0.15, 0.2) is 10.9 Å². The van der Waals surface area contributed by atoms with Gasteiger partial charge in [-0.3, -0.25) is 14.4 Å². The van der Waals surface area contributed by atoms with Crippen molar-refractivity contribution in [3.63, 3.8) is 0 Å². The summed E-state index contributed by atoms with van der Waals surface area (Å²) < 4.78 is 0. The summed E-state index contributed by atoms with van der Waals surface area (Å²) in [6.07, 6.45) is 0.172. The highest BCUT2D eigenvalue weighted by Crippen LogP contribution is 2.26. The first-order valence-electron chi connectivity index (χ1n) is 7.17. The van der Waals surface area contributed by atoms with Gasteiger partial charge in [-0.25, -0.2) is 4.98 Å². The van der Waals surface area contributed by atoms with Gasteiger partial charge in [0, 0.05) is 31.0 Å². The van der Waals surface area contributed by atoms with Crippen LogP contribution < -0.4 is 10.2 Å². The number of Topliss-reactive ketones (excluding diaryl/α,β-unsaturated/α-hetero) is 1. The molecule has 0 saturated carbocycles. The summed E-state index contributed by atoms with van der Waals surface area (Å²) in [4.78, 5) is 41.3. The lowest BCUT2D eigenvalue weighted by Crippen LogP contribution is -2.28. The van der Waals surface area contributed by atoms with E-state index in [1.54, 1.807) is 10.3 Å². The number of para-hydroxylation sites is 1. The highest BCUT2D eigenvalue weighted by Gasteiger charge is 2.35. The zero-order valence-electron chi connectivity index (χ0n) is 12.5. The molecule has 2 aromatic rings. The molecule has 2 heterocycles. The van der Waals surface area contributed by atoms with Crippen LogP contribution in [0, 0.1) is 5.92 Å². The summed E-state index contributed by atoms with van der Waals surface area (Å²) in [5, 5.41) is 4.67. The maximum absolute atomic E-state index is 12.3. The van der Waals surface area contributed by atoms with Gasteiger partial charge in [-0.1, -0.05) is 18.2 Å². The smallest absolute Gasteiger partial charge is 0.231 e. The van der Waals surface area contributed by atoms with Crippen molar-refractivity contribution < 1.29 is 14.4 Å². The molecule has 1 atom stereocenters. The molecule has 6 nitrogen and oxygen atoms in total. The predicted molar refractivity (Wildman–Crippen MR) is 87.7 cm³/mol. The molecular weight excluding hydrogens is 314 g/mol. The molecule has 7 heteroatoms. The second kappa shape index (κ2) is 6.29. The number of carbonyl (C=O) groups excluding carboxylic acids is 3. The first kappa shape index (κ1) is 15.4. The fourth-order valence-electron chi connectivity index (χ4n) is 2.44. The quantitative estimate of drug-likeness (QED) is 0.873. The highest BCUT2D eigenvalue weighted by molar-refractivity contribution is 7.14. The molecule has 1 saturated heterocycles. The Morgan fingerprint density at radius 2 is 2.04 bits per heavy atom. The molecule has 0 aliphatic carbocycles. The Bertz CT molecular complexity index is 757. The molecule has 0 bridgehead atoms. The number of ketones is 1. The number of anilines is 2. The summed E-state index contributed by atoms with van der Waals surface area (Å²) in [6, 6.07) is 9.28. The van der Waals surface area contributed by atoms with Crippen LogP contribution in [-0.4, -0.2) is 29.1 Å². The second-order valence-electron chi connectivity index (χ2n) is 5.32. The van der Waals surface area contributed by atoms with Crippen LogP contribution in [-0.2, 0) is 9.59 Å². The van der Waals surface area contributed by atoms with Crippen molar-refractivity contribution in [1.29, 1.82) is 0 Å². The lowest BCUT2D eigenvalue weighted by Gasteiger charge is -2.16. The van der Waals surface area contributed by atoms with E-state index in [-0.39, 0.29) is 24.0 Å². The van der Waals surface area contributed by atoms with Gasteiger partial charge in [-0.2, -0.15) is 0 Å². The van der Waals surface area contributed by atoms with Crippen LogP contribution >= 0.6 is 11.3 Å². The molecule has 0 unspecified atom stereocenters. The van der Waals surface area contributed by atoms with Gasteiger partial charge < -0.3 is 10.2 Å². The van der Waals surface area contributed by atoms with Gasteiger partial charge in [-0.05, 0) is 12.1 Å². The Hall–Kier alpha value is -2.54. The number of hydrogen-bond donors (Lipinski definition) is 1. The Balaban J connectivity index is 1.67. The number of thiazole rings is 1. The maximum atomic E-state index is 12.3. The van der Waals surface area contributed by atoms with E-state index >= 15 is 0 Å². The molecule has 0 spiro atoms. The van der Waals surface area contributed by atoms with E-state index in [1.165, 1.54) is 18.3 Å². The number of amides is 2. The van der Waals surface area contributed by atoms with Crippen LogP contribution in [0.4, 0.5) is 10.8 Å². The van der Waals surface area contributed by atoms with Gasteiger partial charge >= 0.3 is 0 Å². The molecular formula is C16H15N3O3S. The molecule has 1 N–H and O–H groups in total. The third kappa shape index (κ3) is 3.29. The molecule has 1 aromatic carbocycles. The minimum atomic E-state index is -0.424. The van der Waals surface area contributed by atoms with Crippen molar-refractivity contribution >= 4 is 39.8 Å². The minimum absolute atomic E-state index is 0.0695. The zero-order chi connectivity index (χ0) is 16.4. The summed E-state index contributed by atoms with van der Waals surface area (Å²) in [7, 11) is 0. The van der Waals surface area contributed by atoms with Gasteiger partial charge in [0.25, 0.3) is 0 Å². The van der Waals surface area contributed by atoms with Crippen molar-refractivity contribution in [2.75, 3.05) is 16.8 Å². The van der Waals surface area contributed by atoms with Crippen LogP contribution in [0.5, 0.6) is 0 Å².